The second-order valence-corrected chi connectivity index (χ2v) is 5.90. The van der Waals surface area contributed by atoms with Crippen LogP contribution in [0.5, 0.6) is 11.5 Å². The van der Waals surface area contributed by atoms with Gasteiger partial charge in [-0.15, -0.1) is 0 Å². The number of hydrogen-bond acceptors (Lipinski definition) is 4. The molecule has 1 aromatic carbocycles. The monoisotopic (exact) mass is 335 g/mol. The summed E-state index contributed by atoms with van der Waals surface area (Å²) in [6, 6.07) is 5.70. The highest BCUT2D eigenvalue weighted by Gasteiger charge is 2.24. The molecule has 6 heteroatoms. The minimum absolute atomic E-state index is 0.220. The molecule has 0 radical (unpaired) electrons. The Morgan fingerprint density at radius 3 is 2.75 bits per heavy atom. The van der Waals surface area contributed by atoms with Crippen molar-refractivity contribution in [3.05, 3.63) is 18.2 Å². The molecule has 134 valence electrons. The number of methoxy groups -OCH3 is 1. The Balaban J connectivity index is 2.07. The molecular formula is C18H29N3O3. The molecule has 24 heavy (non-hydrogen) atoms. The Bertz CT molecular complexity index is 548. The molecule has 0 aliphatic heterocycles. The molecule has 1 fully saturated rings. The SMILES string of the molecule is CCNC(=NCC1CCCC1O)Nc1ccc(OC)c(OCC)c1. The fourth-order valence-corrected chi connectivity index (χ4v) is 2.91. The molecule has 1 saturated carbocycles. The van der Waals surface area contributed by atoms with Crippen molar-refractivity contribution >= 4 is 11.6 Å². The first-order valence-electron chi connectivity index (χ1n) is 8.72. The highest BCUT2D eigenvalue weighted by atomic mass is 16.5. The molecule has 2 unspecified atom stereocenters. The highest BCUT2D eigenvalue weighted by molar-refractivity contribution is 5.93. The summed E-state index contributed by atoms with van der Waals surface area (Å²) in [6.07, 6.45) is 2.80. The highest BCUT2D eigenvalue weighted by Crippen LogP contribution is 2.30. The number of rotatable bonds is 7. The molecule has 0 amide bonds. The number of hydrogen-bond donors (Lipinski definition) is 3. The van der Waals surface area contributed by atoms with E-state index in [4.69, 9.17) is 9.47 Å². The zero-order chi connectivity index (χ0) is 17.4. The predicted octanol–water partition coefficient (Wildman–Crippen LogP) is 2.63. The van der Waals surface area contributed by atoms with Crippen LogP contribution in [0.15, 0.2) is 23.2 Å². The van der Waals surface area contributed by atoms with Crippen molar-refractivity contribution in [3.8, 4) is 11.5 Å². The predicted molar refractivity (Wildman–Crippen MR) is 97.1 cm³/mol. The minimum Gasteiger partial charge on any atom is -0.493 e. The normalized spacial score (nSPS) is 20.8. The fourth-order valence-electron chi connectivity index (χ4n) is 2.91. The quantitative estimate of drug-likeness (QED) is 0.527. The molecule has 1 aliphatic carbocycles. The van der Waals surface area contributed by atoms with Crippen LogP contribution >= 0.6 is 0 Å². The number of guanidine groups is 1. The van der Waals surface area contributed by atoms with E-state index in [1.807, 2.05) is 32.0 Å². The summed E-state index contributed by atoms with van der Waals surface area (Å²) in [7, 11) is 1.63. The van der Waals surface area contributed by atoms with E-state index < -0.39 is 0 Å². The maximum atomic E-state index is 9.93. The van der Waals surface area contributed by atoms with Crippen molar-refractivity contribution in [2.24, 2.45) is 10.9 Å². The summed E-state index contributed by atoms with van der Waals surface area (Å²) >= 11 is 0. The Kier molecular flexibility index (Phi) is 7.18. The van der Waals surface area contributed by atoms with E-state index in [0.717, 1.165) is 31.5 Å². The lowest BCUT2D eigenvalue weighted by Crippen LogP contribution is -2.31. The zero-order valence-corrected chi connectivity index (χ0v) is 14.8. The van der Waals surface area contributed by atoms with Crippen LogP contribution in [-0.2, 0) is 0 Å². The topological polar surface area (TPSA) is 75.1 Å². The van der Waals surface area contributed by atoms with Crippen molar-refractivity contribution in [2.75, 3.05) is 32.1 Å². The van der Waals surface area contributed by atoms with Crippen LogP contribution < -0.4 is 20.1 Å². The number of nitrogens with zero attached hydrogens (tertiary/aromatic N) is 1. The number of benzene rings is 1. The summed E-state index contributed by atoms with van der Waals surface area (Å²) in [5.41, 5.74) is 0.880. The molecule has 0 bridgehead atoms. The zero-order valence-electron chi connectivity index (χ0n) is 14.8. The standard InChI is InChI=1S/C18H29N3O3/c1-4-19-18(20-12-13-7-6-8-15(13)22)21-14-9-10-16(23-3)17(11-14)24-5-2/h9-11,13,15,22H,4-8,12H2,1-3H3,(H2,19,20,21). The van der Waals surface area contributed by atoms with E-state index in [1.54, 1.807) is 7.11 Å². The van der Waals surface area contributed by atoms with Crippen molar-refractivity contribution in [1.82, 2.24) is 5.32 Å². The van der Waals surface area contributed by atoms with Gasteiger partial charge in [0.1, 0.15) is 0 Å². The third-order valence-electron chi connectivity index (χ3n) is 4.17. The number of aliphatic hydroxyl groups is 1. The first-order valence-corrected chi connectivity index (χ1v) is 8.72. The van der Waals surface area contributed by atoms with Crippen LogP contribution in [0.1, 0.15) is 33.1 Å². The molecule has 6 nitrogen and oxygen atoms in total. The second-order valence-electron chi connectivity index (χ2n) is 5.90. The minimum atomic E-state index is -0.220. The van der Waals surface area contributed by atoms with E-state index >= 15 is 0 Å². The van der Waals surface area contributed by atoms with Gasteiger partial charge in [0.25, 0.3) is 0 Å². The van der Waals surface area contributed by atoms with Gasteiger partial charge in [-0.1, -0.05) is 6.42 Å². The average molecular weight is 335 g/mol. The smallest absolute Gasteiger partial charge is 0.195 e. The largest absolute Gasteiger partial charge is 0.493 e. The van der Waals surface area contributed by atoms with Gasteiger partial charge in [0.2, 0.25) is 0 Å². The van der Waals surface area contributed by atoms with Gasteiger partial charge in [0.15, 0.2) is 17.5 Å². The molecule has 1 aromatic rings. The van der Waals surface area contributed by atoms with Gasteiger partial charge in [-0.3, -0.25) is 4.99 Å². The molecule has 0 heterocycles. The lowest BCUT2D eigenvalue weighted by molar-refractivity contribution is 0.137. The van der Waals surface area contributed by atoms with Gasteiger partial charge in [0, 0.05) is 30.8 Å². The third kappa shape index (κ3) is 5.03. The first-order chi connectivity index (χ1) is 11.7. The number of aliphatic hydroxyl groups excluding tert-OH is 1. The van der Waals surface area contributed by atoms with E-state index in [2.05, 4.69) is 15.6 Å². The molecule has 0 saturated heterocycles. The molecule has 2 rings (SSSR count). The van der Waals surface area contributed by atoms with Crippen LogP contribution in [0.4, 0.5) is 5.69 Å². The molecular weight excluding hydrogens is 306 g/mol. The molecule has 2 atom stereocenters. The van der Waals surface area contributed by atoms with Crippen molar-refractivity contribution in [2.45, 2.75) is 39.2 Å². The summed E-state index contributed by atoms with van der Waals surface area (Å²) < 4.78 is 10.9. The Morgan fingerprint density at radius 1 is 1.29 bits per heavy atom. The second kappa shape index (κ2) is 9.37. The van der Waals surface area contributed by atoms with E-state index in [1.165, 1.54) is 0 Å². The van der Waals surface area contributed by atoms with E-state index in [0.29, 0.717) is 30.6 Å². The van der Waals surface area contributed by atoms with Crippen molar-refractivity contribution < 1.29 is 14.6 Å². The number of aliphatic imine (C=N–C) groups is 1. The third-order valence-corrected chi connectivity index (χ3v) is 4.17. The molecule has 3 N–H and O–H groups in total. The molecule has 0 spiro atoms. The summed E-state index contributed by atoms with van der Waals surface area (Å²) in [4.78, 5) is 4.62. The van der Waals surface area contributed by atoms with Gasteiger partial charge < -0.3 is 25.2 Å². The summed E-state index contributed by atoms with van der Waals surface area (Å²) in [5, 5.41) is 16.5. The summed E-state index contributed by atoms with van der Waals surface area (Å²) in [5.74, 6) is 2.38. The lowest BCUT2D eigenvalue weighted by atomic mass is 10.1. The Labute approximate surface area is 144 Å². The first kappa shape index (κ1) is 18.4. The molecule has 0 aromatic heterocycles. The fraction of sp³-hybridized carbons (Fsp3) is 0.611. The van der Waals surface area contributed by atoms with Crippen LogP contribution in [0.3, 0.4) is 0 Å². The maximum Gasteiger partial charge on any atom is 0.195 e. The summed E-state index contributed by atoms with van der Waals surface area (Å²) in [6.45, 7) is 5.95. The van der Waals surface area contributed by atoms with Crippen LogP contribution in [0.25, 0.3) is 0 Å². The van der Waals surface area contributed by atoms with Gasteiger partial charge >= 0.3 is 0 Å². The number of nitrogens with one attached hydrogen (secondary N) is 2. The van der Waals surface area contributed by atoms with Crippen LogP contribution in [0, 0.1) is 5.92 Å². The van der Waals surface area contributed by atoms with Crippen molar-refractivity contribution in [3.63, 3.8) is 0 Å². The van der Waals surface area contributed by atoms with Gasteiger partial charge in [-0.05, 0) is 38.8 Å². The van der Waals surface area contributed by atoms with E-state index in [-0.39, 0.29) is 12.0 Å². The van der Waals surface area contributed by atoms with Gasteiger partial charge in [0.05, 0.1) is 19.8 Å². The maximum absolute atomic E-state index is 9.93. The van der Waals surface area contributed by atoms with Crippen molar-refractivity contribution in [1.29, 1.82) is 0 Å². The Morgan fingerprint density at radius 2 is 2.12 bits per heavy atom. The van der Waals surface area contributed by atoms with E-state index in [9.17, 15) is 5.11 Å². The number of anilines is 1. The Hall–Kier alpha value is -1.95. The molecule has 1 aliphatic rings. The van der Waals surface area contributed by atoms with Gasteiger partial charge in [-0.2, -0.15) is 0 Å². The van der Waals surface area contributed by atoms with Crippen LogP contribution in [0.2, 0.25) is 0 Å². The number of ether oxygens (including phenoxy) is 2. The van der Waals surface area contributed by atoms with Crippen LogP contribution in [-0.4, -0.2) is 44.0 Å². The van der Waals surface area contributed by atoms with Gasteiger partial charge in [-0.25, -0.2) is 0 Å². The average Bonchev–Trinajstić information content (AvgIpc) is 2.98. The lowest BCUT2D eigenvalue weighted by Gasteiger charge is -2.16.